The van der Waals surface area contributed by atoms with Gasteiger partial charge in [0.15, 0.2) is 5.17 Å². The van der Waals surface area contributed by atoms with E-state index in [1.54, 1.807) is 4.90 Å². The van der Waals surface area contributed by atoms with Gasteiger partial charge in [-0.25, -0.2) is 9.80 Å². The number of nitrogens with one attached hydrogen (secondary N) is 1. The lowest BCUT2D eigenvalue weighted by Crippen LogP contribution is -2.53. The number of hydrazone groups is 1. The van der Waals surface area contributed by atoms with E-state index in [9.17, 15) is 14.4 Å². The van der Waals surface area contributed by atoms with Crippen LogP contribution in [-0.4, -0.2) is 69.9 Å². The Morgan fingerprint density at radius 1 is 1.30 bits per heavy atom. The van der Waals surface area contributed by atoms with E-state index in [0.29, 0.717) is 31.1 Å². The molecule has 1 spiro atoms. The molecule has 11 heteroatoms. The maximum atomic E-state index is 12.2. The molecule has 0 atom stereocenters. The smallest absolute Gasteiger partial charge is 0.410 e. The number of nitrogens with zero attached hydrogens (tertiary/aromatic N) is 4. The summed E-state index contributed by atoms with van der Waals surface area (Å²) in [7, 11) is 1.33. The van der Waals surface area contributed by atoms with Crippen LogP contribution in [0.4, 0.5) is 4.79 Å². The average molecular weight is 399 g/mol. The molecule has 1 N–H and O–H groups in total. The van der Waals surface area contributed by atoms with Crippen LogP contribution < -0.4 is 5.32 Å². The summed E-state index contributed by atoms with van der Waals surface area (Å²) in [5, 5.41) is 11.9. The van der Waals surface area contributed by atoms with E-state index in [-0.39, 0.29) is 12.0 Å². The fourth-order valence-corrected chi connectivity index (χ4v) is 4.03. The highest BCUT2D eigenvalue weighted by Gasteiger charge is 2.49. The van der Waals surface area contributed by atoms with Crippen LogP contribution in [0, 0.1) is 0 Å². The van der Waals surface area contributed by atoms with E-state index >= 15 is 0 Å². The maximum absolute atomic E-state index is 12.2. The molecule has 10 nitrogen and oxygen atoms in total. The van der Waals surface area contributed by atoms with E-state index in [4.69, 9.17) is 4.74 Å². The zero-order chi connectivity index (χ0) is 20.2. The van der Waals surface area contributed by atoms with Crippen molar-refractivity contribution >= 4 is 41.1 Å². The molecular formula is C16H25N5O5S. The number of likely N-dealkylation sites (tertiary alicyclic amines) is 1. The van der Waals surface area contributed by atoms with Crippen molar-refractivity contribution < 1.29 is 24.0 Å². The Morgan fingerprint density at radius 3 is 2.44 bits per heavy atom. The lowest BCUT2D eigenvalue weighted by Gasteiger charge is -2.41. The first-order valence-corrected chi connectivity index (χ1v) is 9.32. The second kappa shape index (κ2) is 8.15. The van der Waals surface area contributed by atoms with E-state index < -0.39 is 16.4 Å². The summed E-state index contributed by atoms with van der Waals surface area (Å²) in [4.78, 5) is 41.5. The van der Waals surface area contributed by atoms with Crippen molar-refractivity contribution in [1.82, 2.24) is 15.2 Å². The molecular weight excluding hydrogens is 374 g/mol. The summed E-state index contributed by atoms with van der Waals surface area (Å²) in [6.07, 6.45) is 1.62. The van der Waals surface area contributed by atoms with Gasteiger partial charge in [0, 0.05) is 32.9 Å². The number of thioether (sulfide) groups is 1. The molecule has 1 saturated heterocycles. The van der Waals surface area contributed by atoms with Crippen molar-refractivity contribution in [2.45, 2.75) is 51.0 Å². The third-order valence-electron chi connectivity index (χ3n) is 3.86. The first kappa shape index (κ1) is 21.0. The van der Waals surface area contributed by atoms with Gasteiger partial charge < -0.3 is 14.5 Å². The van der Waals surface area contributed by atoms with Crippen LogP contribution in [0.3, 0.4) is 0 Å². The number of amidine groups is 1. The zero-order valence-corrected chi connectivity index (χ0v) is 17.0. The monoisotopic (exact) mass is 399 g/mol. The molecule has 0 aromatic carbocycles. The molecule has 0 aromatic heterocycles. The highest BCUT2D eigenvalue weighted by molar-refractivity contribution is 8.15. The second-order valence-electron chi connectivity index (χ2n) is 7.16. The first-order valence-electron chi connectivity index (χ1n) is 8.50. The number of amides is 3. The number of carbonyl (C=O) groups is 3. The van der Waals surface area contributed by atoms with Crippen LogP contribution in [0.5, 0.6) is 0 Å². The molecule has 3 amide bonds. The number of oxime groups is 1. The Hall–Kier alpha value is -2.30. The minimum Gasteiger partial charge on any atom is -0.444 e. The second-order valence-corrected chi connectivity index (χ2v) is 8.51. The molecule has 0 saturated carbocycles. The Morgan fingerprint density at radius 2 is 1.93 bits per heavy atom. The van der Waals surface area contributed by atoms with Gasteiger partial charge in [0.2, 0.25) is 5.91 Å². The van der Waals surface area contributed by atoms with E-state index in [0.717, 1.165) is 6.21 Å². The molecule has 0 aromatic rings. The van der Waals surface area contributed by atoms with Crippen LogP contribution in [0.15, 0.2) is 10.3 Å². The number of carbonyl (C=O) groups excluding carboxylic acids is 3. The molecule has 0 aliphatic carbocycles. The molecule has 150 valence electrons. The van der Waals surface area contributed by atoms with Gasteiger partial charge in [-0.1, -0.05) is 16.9 Å². The standard InChI is InChI=1S/C16H25N5O5S/c1-11(22)21-16(27-13(19-21)18-12(23)10-17-25-5)6-8-20(9-7-16)14(24)26-15(2,3)4/h10H,6-9H2,1-5H3,(H,18,19,23). The van der Waals surface area contributed by atoms with Crippen LogP contribution in [-0.2, 0) is 19.2 Å². The van der Waals surface area contributed by atoms with Crippen molar-refractivity contribution in [1.29, 1.82) is 0 Å². The molecule has 0 unspecified atom stereocenters. The van der Waals surface area contributed by atoms with Crippen molar-refractivity contribution in [3.8, 4) is 0 Å². The summed E-state index contributed by atoms with van der Waals surface area (Å²) >= 11 is 1.30. The van der Waals surface area contributed by atoms with Crippen LogP contribution >= 0.6 is 11.8 Å². The number of ether oxygens (including phenoxy) is 1. The quantitative estimate of drug-likeness (QED) is 0.554. The Kier molecular flexibility index (Phi) is 6.34. The predicted molar refractivity (Wildman–Crippen MR) is 101 cm³/mol. The van der Waals surface area contributed by atoms with Gasteiger partial charge in [0.1, 0.15) is 23.8 Å². The van der Waals surface area contributed by atoms with Gasteiger partial charge in [-0.05, 0) is 20.8 Å². The van der Waals surface area contributed by atoms with Gasteiger partial charge >= 0.3 is 6.09 Å². The van der Waals surface area contributed by atoms with Crippen molar-refractivity contribution in [2.75, 3.05) is 20.2 Å². The van der Waals surface area contributed by atoms with E-state index in [1.807, 2.05) is 20.8 Å². The highest BCUT2D eigenvalue weighted by Crippen LogP contribution is 2.44. The third-order valence-corrected chi connectivity index (χ3v) is 5.20. The number of rotatable bonds is 2. The molecule has 1 fully saturated rings. The normalized spacial score (nSPS) is 19.2. The zero-order valence-electron chi connectivity index (χ0n) is 16.1. The number of piperidine rings is 1. The Labute approximate surface area is 162 Å². The van der Waals surface area contributed by atoms with Gasteiger partial charge in [-0.3, -0.25) is 14.9 Å². The van der Waals surface area contributed by atoms with Gasteiger partial charge in [-0.15, -0.1) is 5.10 Å². The summed E-state index contributed by atoms with van der Waals surface area (Å²) in [5.74, 6) is -0.738. The summed E-state index contributed by atoms with van der Waals surface area (Å²) in [5.41, 5.74) is -0.565. The maximum Gasteiger partial charge on any atom is 0.410 e. The fraction of sp³-hybridized carbons (Fsp3) is 0.688. The summed E-state index contributed by atoms with van der Waals surface area (Å²) in [6, 6.07) is 0. The van der Waals surface area contributed by atoms with Crippen LogP contribution in [0.1, 0.15) is 40.5 Å². The third kappa shape index (κ3) is 5.34. The largest absolute Gasteiger partial charge is 0.444 e. The van der Waals surface area contributed by atoms with Crippen molar-refractivity contribution in [3.63, 3.8) is 0 Å². The molecule has 27 heavy (non-hydrogen) atoms. The minimum atomic E-state index is -0.634. The topological polar surface area (TPSA) is 113 Å². The molecule has 2 heterocycles. The van der Waals surface area contributed by atoms with Gasteiger partial charge in [0.05, 0.1) is 0 Å². The number of hydrogen-bond donors (Lipinski definition) is 1. The van der Waals surface area contributed by atoms with Crippen LogP contribution in [0.2, 0.25) is 0 Å². The Bertz CT molecular complexity index is 665. The Balaban J connectivity index is 2.03. The molecule has 0 radical (unpaired) electrons. The average Bonchev–Trinajstić information content (AvgIpc) is 2.89. The molecule has 2 rings (SSSR count). The van der Waals surface area contributed by atoms with Crippen LogP contribution in [0.25, 0.3) is 0 Å². The van der Waals surface area contributed by atoms with Crippen molar-refractivity contribution in [3.05, 3.63) is 0 Å². The molecule has 0 bridgehead atoms. The lowest BCUT2D eigenvalue weighted by atomic mass is 10.0. The van der Waals surface area contributed by atoms with Gasteiger partial charge in [-0.2, -0.15) is 0 Å². The van der Waals surface area contributed by atoms with Gasteiger partial charge in [0.25, 0.3) is 5.91 Å². The molecule has 2 aliphatic heterocycles. The highest BCUT2D eigenvalue weighted by atomic mass is 32.2. The van der Waals surface area contributed by atoms with E-state index in [2.05, 4.69) is 20.4 Å². The van der Waals surface area contributed by atoms with E-state index in [1.165, 1.54) is 30.8 Å². The minimum absolute atomic E-state index is 0.233. The SMILES string of the molecule is CON=CC(=O)NC1=NN(C(C)=O)C2(CCN(C(=O)OC(C)(C)C)CC2)S1. The summed E-state index contributed by atoms with van der Waals surface area (Å²) < 4.78 is 5.40. The fourth-order valence-electron chi connectivity index (χ4n) is 2.75. The number of hydrogen-bond acceptors (Lipinski definition) is 8. The summed E-state index contributed by atoms with van der Waals surface area (Å²) in [6.45, 7) is 7.72. The lowest BCUT2D eigenvalue weighted by molar-refractivity contribution is -0.133. The van der Waals surface area contributed by atoms with Crippen molar-refractivity contribution in [2.24, 2.45) is 10.3 Å². The predicted octanol–water partition coefficient (Wildman–Crippen LogP) is 1.33. The first-order chi connectivity index (χ1) is 12.6. The molecule has 2 aliphatic rings.